The highest BCUT2D eigenvalue weighted by atomic mass is 16.3. The van der Waals surface area contributed by atoms with Gasteiger partial charge in [0, 0.05) is 26.1 Å². The van der Waals surface area contributed by atoms with Crippen LogP contribution in [0.1, 0.15) is 31.7 Å². The molecule has 0 aliphatic carbocycles. The predicted molar refractivity (Wildman–Crippen MR) is 68.5 cm³/mol. The molecule has 0 aliphatic heterocycles. The van der Waals surface area contributed by atoms with Crippen molar-refractivity contribution in [1.29, 1.82) is 0 Å². The van der Waals surface area contributed by atoms with Gasteiger partial charge >= 0.3 is 0 Å². The molecule has 1 amide bonds. The van der Waals surface area contributed by atoms with Crippen molar-refractivity contribution >= 4 is 5.91 Å². The summed E-state index contributed by atoms with van der Waals surface area (Å²) in [4.78, 5) is 13.7. The number of aliphatic hydroxyl groups is 1. The molecule has 0 heterocycles. The van der Waals surface area contributed by atoms with Crippen LogP contribution in [0, 0.1) is 0 Å². The van der Waals surface area contributed by atoms with Crippen molar-refractivity contribution in [3.63, 3.8) is 0 Å². The van der Waals surface area contributed by atoms with E-state index in [1.807, 2.05) is 42.2 Å². The fourth-order valence-electron chi connectivity index (χ4n) is 1.73. The number of nitrogens with zero attached hydrogens (tertiary/aromatic N) is 1. The molecule has 0 saturated heterocycles. The molecule has 1 rings (SSSR count). The van der Waals surface area contributed by atoms with Crippen LogP contribution in [0.5, 0.6) is 0 Å². The second kappa shape index (κ2) is 7.85. The summed E-state index contributed by atoms with van der Waals surface area (Å²) in [6.07, 6.45) is 2.09. The maximum Gasteiger partial charge on any atom is 0.222 e. The smallest absolute Gasteiger partial charge is 0.222 e. The number of hydrogen-bond acceptors (Lipinski definition) is 2. The van der Waals surface area contributed by atoms with Gasteiger partial charge in [-0.15, -0.1) is 0 Å². The molecule has 0 bridgehead atoms. The molecule has 0 spiro atoms. The number of carbonyl (C=O) groups is 1. The third-order valence-corrected chi connectivity index (χ3v) is 2.62. The van der Waals surface area contributed by atoms with Crippen molar-refractivity contribution in [2.24, 2.45) is 0 Å². The number of aliphatic hydroxyl groups excluding tert-OH is 1. The number of rotatable bonds is 7. The van der Waals surface area contributed by atoms with Crippen LogP contribution in [0.15, 0.2) is 30.3 Å². The van der Waals surface area contributed by atoms with Gasteiger partial charge in [0.25, 0.3) is 0 Å². The fourth-order valence-corrected chi connectivity index (χ4v) is 1.73. The van der Waals surface area contributed by atoms with E-state index >= 15 is 0 Å². The molecule has 1 aromatic rings. The second-order valence-electron chi connectivity index (χ2n) is 4.13. The van der Waals surface area contributed by atoms with Crippen molar-refractivity contribution in [3.8, 4) is 0 Å². The topological polar surface area (TPSA) is 40.5 Å². The summed E-state index contributed by atoms with van der Waals surface area (Å²) in [5.41, 5.74) is 1.13. The third kappa shape index (κ3) is 5.00. The molecule has 0 saturated carbocycles. The van der Waals surface area contributed by atoms with E-state index < -0.39 is 0 Å². The van der Waals surface area contributed by atoms with Crippen LogP contribution >= 0.6 is 0 Å². The van der Waals surface area contributed by atoms with E-state index in [4.69, 9.17) is 5.11 Å². The van der Waals surface area contributed by atoms with Gasteiger partial charge < -0.3 is 10.0 Å². The Hall–Kier alpha value is -1.35. The Kier molecular flexibility index (Phi) is 6.33. The quantitative estimate of drug-likeness (QED) is 0.787. The van der Waals surface area contributed by atoms with Crippen molar-refractivity contribution in [2.45, 2.75) is 32.7 Å². The summed E-state index contributed by atoms with van der Waals surface area (Å²) in [7, 11) is 0. The Morgan fingerprint density at radius 1 is 1.29 bits per heavy atom. The lowest BCUT2D eigenvalue weighted by molar-refractivity contribution is -0.132. The Morgan fingerprint density at radius 2 is 2.00 bits per heavy atom. The first-order valence-electron chi connectivity index (χ1n) is 6.20. The molecule has 0 aliphatic rings. The highest BCUT2D eigenvalue weighted by molar-refractivity contribution is 5.76. The van der Waals surface area contributed by atoms with E-state index in [0.29, 0.717) is 25.9 Å². The molecule has 1 N–H and O–H groups in total. The van der Waals surface area contributed by atoms with Crippen LogP contribution in [0.3, 0.4) is 0 Å². The van der Waals surface area contributed by atoms with Crippen LogP contribution in [0.2, 0.25) is 0 Å². The highest BCUT2D eigenvalue weighted by Gasteiger charge is 2.12. The van der Waals surface area contributed by atoms with Gasteiger partial charge in [-0.2, -0.15) is 0 Å². The van der Waals surface area contributed by atoms with Gasteiger partial charge in [0.1, 0.15) is 0 Å². The summed E-state index contributed by atoms with van der Waals surface area (Å²) >= 11 is 0. The third-order valence-electron chi connectivity index (χ3n) is 2.62. The van der Waals surface area contributed by atoms with Gasteiger partial charge in [-0.1, -0.05) is 37.3 Å². The minimum atomic E-state index is 0.130. The van der Waals surface area contributed by atoms with Gasteiger partial charge in [-0.05, 0) is 18.4 Å². The monoisotopic (exact) mass is 235 g/mol. The molecule has 0 fully saturated rings. The summed E-state index contributed by atoms with van der Waals surface area (Å²) in [5, 5.41) is 8.85. The van der Waals surface area contributed by atoms with Crippen molar-refractivity contribution in [2.75, 3.05) is 13.2 Å². The lowest BCUT2D eigenvalue weighted by Gasteiger charge is -2.22. The van der Waals surface area contributed by atoms with Crippen LogP contribution in [-0.2, 0) is 11.3 Å². The van der Waals surface area contributed by atoms with Crippen molar-refractivity contribution in [1.82, 2.24) is 4.90 Å². The summed E-state index contributed by atoms with van der Waals surface area (Å²) in [6.45, 7) is 3.40. The zero-order chi connectivity index (χ0) is 12.5. The van der Waals surface area contributed by atoms with E-state index in [1.165, 1.54) is 0 Å². The largest absolute Gasteiger partial charge is 0.396 e. The molecular weight excluding hydrogens is 214 g/mol. The van der Waals surface area contributed by atoms with Crippen molar-refractivity contribution < 1.29 is 9.90 Å². The second-order valence-corrected chi connectivity index (χ2v) is 4.13. The maximum absolute atomic E-state index is 11.9. The van der Waals surface area contributed by atoms with Crippen LogP contribution in [-0.4, -0.2) is 29.1 Å². The molecular formula is C14H21NO2. The SMILES string of the molecule is CCCC(=O)N(CCCO)Cc1ccccc1. The number of carbonyl (C=O) groups excluding carboxylic acids is 1. The number of amides is 1. The van der Waals surface area contributed by atoms with Crippen molar-refractivity contribution in [3.05, 3.63) is 35.9 Å². The molecule has 3 nitrogen and oxygen atoms in total. The standard InChI is InChI=1S/C14H21NO2/c1-2-7-14(17)15(10-6-11-16)12-13-8-4-3-5-9-13/h3-5,8-9,16H,2,6-7,10-12H2,1H3. The van der Waals surface area contributed by atoms with E-state index in [-0.39, 0.29) is 12.5 Å². The zero-order valence-electron chi connectivity index (χ0n) is 10.4. The zero-order valence-corrected chi connectivity index (χ0v) is 10.4. The minimum Gasteiger partial charge on any atom is -0.396 e. The molecule has 3 heteroatoms. The number of benzene rings is 1. The fraction of sp³-hybridized carbons (Fsp3) is 0.500. The summed E-state index contributed by atoms with van der Waals surface area (Å²) in [5.74, 6) is 0.171. The lowest BCUT2D eigenvalue weighted by atomic mass is 10.2. The molecule has 0 unspecified atom stereocenters. The van der Waals surface area contributed by atoms with Gasteiger partial charge in [0.2, 0.25) is 5.91 Å². The van der Waals surface area contributed by atoms with Gasteiger partial charge in [0.15, 0.2) is 0 Å². The van der Waals surface area contributed by atoms with Crippen LogP contribution in [0.25, 0.3) is 0 Å². The summed E-state index contributed by atoms with van der Waals surface area (Å²) in [6, 6.07) is 9.96. The van der Waals surface area contributed by atoms with E-state index in [1.54, 1.807) is 0 Å². The Balaban J connectivity index is 2.59. The Labute approximate surface area is 103 Å². The van der Waals surface area contributed by atoms with Gasteiger partial charge in [-0.3, -0.25) is 4.79 Å². The minimum absolute atomic E-state index is 0.130. The molecule has 0 radical (unpaired) electrons. The molecule has 1 aromatic carbocycles. The lowest BCUT2D eigenvalue weighted by Crippen LogP contribution is -2.31. The maximum atomic E-state index is 11.9. The highest BCUT2D eigenvalue weighted by Crippen LogP contribution is 2.07. The number of hydrogen-bond donors (Lipinski definition) is 1. The van der Waals surface area contributed by atoms with Crippen LogP contribution in [0.4, 0.5) is 0 Å². The average molecular weight is 235 g/mol. The van der Waals surface area contributed by atoms with E-state index in [2.05, 4.69) is 0 Å². The first kappa shape index (κ1) is 13.7. The molecule has 0 atom stereocenters. The first-order valence-corrected chi connectivity index (χ1v) is 6.20. The van der Waals surface area contributed by atoms with E-state index in [0.717, 1.165) is 12.0 Å². The van der Waals surface area contributed by atoms with Crippen LogP contribution < -0.4 is 0 Å². The normalized spacial score (nSPS) is 10.2. The van der Waals surface area contributed by atoms with E-state index in [9.17, 15) is 4.79 Å². The molecule has 0 aromatic heterocycles. The Bertz CT molecular complexity index is 324. The summed E-state index contributed by atoms with van der Waals surface area (Å²) < 4.78 is 0. The Morgan fingerprint density at radius 3 is 2.59 bits per heavy atom. The van der Waals surface area contributed by atoms with Gasteiger partial charge in [0.05, 0.1) is 0 Å². The average Bonchev–Trinajstić information content (AvgIpc) is 2.36. The molecule has 17 heavy (non-hydrogen) atoms. The predicted octanol–water partition coefficient (Wildman–Crippen LogP) is 2.20. The first-order chi connectivity index (χ1) is 8.27. The van der Waals surface area contributed by atoms with Gasteiger partial charge in [-0.25, -0.2) is 0 Å². The molecule has 94 valence electrons.